The van der Waals surface area contributed by atoms with Crippen LogP contribution in [0.5, 0.6) is 5.75 Å². The Kier molecular flexibility index (Phi) is 12.0. The lowest BCUT2D eigenvalue weighted by Gasteiger charge is -2.20. The monoisotopic (exact) mass is 424 g/mol. The van der Waals surface area contributed by atoms with E-state index < -0.39 is 0 Å². The molecule has 0 aliphatic carbocycles. The number of anilines is 2. The number of hydrogen-bond acceptors (Lipinski definition) is 3. The molecule has 0 radical (unpaired) electrons. The number of para-hydroxylation sites is 2. The van der Waals surface area contributed by atoms with E-state index in [1.54, 1.807) is 0 Å². The summed E-state index contributed by atoms with van der Waals surface area (Å²) in [5.74, 6) is 1.75. The number of nitrogens with one attached hydrogen (secondary N) is 2. The highest BCUT2D eigenvalue weighted by Gasteiger charge is 2.07. The summed E-state index contributed by atoms with van der Waals surface area (Å²) < 4.78 is 5.70. The first kappa shape index (κ1) is 25.1. The maximum atomic E-state index is 5.70. The molecule has 2 N–H and O–H groups in total. The molecule has 0 amide bonds. The van der Waals surface area contributed by atoms with Crippen LogP contribution in [0.15, 0.2) is 48.5 Å². The molecule has 2 aromatic carbocycles. The molecule has 0 aromatic heterocycles. The SMILES string of the molecule is CCOc1ccccc1NC(C)Nc1ccc(CCCCCCCCCC(C)C)cc1. The quantitative estimate of drug-likeness (QED) is 0.210. The Morgan fingerprint density at radius 2 is 1.39 bits per heavy atom. The van der Waals surface area contributed by atoms with Gasteiger partial charge in [0.05, 0.1) is 18.5 Å². The molecule has 0 saturated heterocycles. The largest absolute Gasteiger partial charge is 0.492 e. The van der Waals surface area contributed by atoms with Crippen molar-refractivity contribution in [2.45, 2.75) is 91.6 Å². The van der Waals surface area contributed by atoms with Crippen molar-refractivity contribution in [3.63, 3.8) is 0 Å². The van der Waals surface area contributed by atoms with E-state index in [-0.39, 0.29) is 6.17 Å². The smallest absolute Gasteiger partial charge is 0.142 e. The van der Waals surface area contributed by atoms with Crippen molar-refractivity contribution in [3.8, 4) is 5.75 Å². The average Bonchev–Trinajstić information content (AvgIpc) is 2.75. The number of ether oxygens (including phenoxy) is 1. The molecular weight excluding hydrogens is 380 g/mol. The summed E-state index contributed by atoms with van der Waals surface area (Å²) in [6.07, 6.45) is 12.3. The van der Waals surface area contributed by atoms with Gasteiger partial charge in [-0.05, 0) is 62.4 Å². The second-order valence-electron chi connectivity index (χ2n) is 9.04. The topological polar surface area (TPSA) is 33.3 Å². The Morgan fingerprint density at radius 1 is 0.742 bits per heavy atom. The molecule has 0 spiro atoms. The van der Waals surface area contributed by atoms with E-state index in [0.717, 1.165) is 23.0 Å². The van der Waals surface area contributed by atoms with Gasteiger partial charge in [-0.15, -0.1) is 0 Å². The van der Waals surface area contributed by atoms with Gasteiger partial charge in [-0.3, -0.25) is 0 Å². The predicted molar refractivity (Wildman–Crippen MR) is 136 cm³/mol. The molecule has 0 fully saturated rings. The van der Waals surface area contributed by atoms with Crippen LogP contribution in [0, 0.1) is 5.92 Å². The highest BCUT2D eigenvalue weighted by atomic mass is 16.5. The van der Waals surface area contributed by atoms with Gasteiger partial charge in [-0.1, -0.05) is 83.1 Å². The summed E-state index contributed by atoms with van der Waals surface area (Å²) in [6.45, 7) is 9.45. The third kappa shape index (κ3) is 10.6. The molecule has 3 nitrogen and oxygen atoms in total. The first-order valence-corrected chi connectivity index (χ1v) is 12.4. The molecule has 1 unspecified atom stereocenters. The van der Waals surface area contributed by atoms with E-state index in [9.17, 15) is 0 Å². The lowest BCUT2D eigenvalue weighted by molar-refractivity contribution is 0.341. The van der Waals surface area contributed by atoms with Gasteiger partial charge >= 0.3 is 0 Å². The summed E-state index contributed by atoms with van der Waals surface area (Å²) >= 11 is 0. The fourth-order valence-electron chi connectivity index (χ4n) is 3.92. The van der Waals surface area contributed by atoms with Crippen LogP contribution in [0.4, 0.5) is 11.4 Å². The zero-order valence-corrected chi connectivity index (χ0v) is 20.3. The van der Waals surface area contributed by atoms with E-state index in [4.69, 9.17) is 4.74 Å². The van der Waals surface area contributed by atoms with Crippen LogP contribution in [0.25, 0.3) is 0 Å². The van der Waals surface area contributed by atoms with Crippen LogP contribution in [0.2, 0.25) is 0 Å². The van der Waals surface area contributed by atoms with Gasteiger partial charge in [0, 0.05) is 5.69 Å². The number of rotatable bonds is 16. The van der Waals surface area contributed by atoms with Crippen LogP contribution in [0.1, 0.15) is 84.6 Å². The van der Waals surface area contributed by atoms with Crippen molar-refractivity contribution in [2.24, 2.45) is 5.92 Å². The highest BCUT2D eigenvalue weighted by molar-refractivity contribution is 5.58. The Morgan fingerprint density at radius 3 is 2.06 bits per heavy atom. The van der Waals surface area contributed by atoms with Crippen LogP contribution < -0.4 is 15.4 Å². The number of aryl methyl sites for hydroxylation is 1. The van der Waals surface area contributed by atoms with Crippen molar-refractivity contribution in [1.82, 2.24) is 0 Å². The van der Waals surface area contributed by atoms with E-state index in [1.165, 1.54) is 63.4 Å². The fourth-order valence-corrected chi connectivity index (χ4v) is 3.92. The molecule has 172 valence electrons. The Balaban J connectivity index is 1.63. The minimum atomic E-state index is 0.105. The lowest BCUT2D eigenvalue weighted by atomic mass is 10.0. The van der Waals surface area contributed by atoms with Crippen molar-refractivity contribution in [3.05, 3.63) is 54.1 Å². The Bertz CT molecular complexity index is 711. The summed E-state index contributed by atoms with van der Waals surface area (Å²) in [5.41, 5.74) is 3.59. The van der Waals surface area contributed by atoms with Gasteiger partial charge < -0.3 is 15.4 Å². The van der Waals surface area contributed by atoms with Crippen LogP contribution >= 0.6 is 0 Å². The predicted octanol–water partition coefficient (Wildman–Crippen LogP) is 8.27. The molecule has 0 bridgehead atoms. The summed E-state index contributed by atoms with van der Waals surface area (Å²) in [6, 6.07) is 17.0. The van der Waals surface area contributed by atoms with Crippen molar-refractivity contribution in [1.29, 1.82) is 0 Å². The van der Waals surface area contributed by atoms with E-state index in [1.807, 2.05) is 25.1 Å². The highest BCUT2D eigenvalue weighted by Crippen LogP contribution is 2.25. The molecule has 2 aromatic rings. The van der Waals surface area contributed by atoms with Gasteiger partial charge in [-0.25, -0.2) is 0 Å². The summed E-state index contributed by atoms with van der Waals surface area (Å²) in [7, 11) is 0. The molecule has 0 aliphatic heterocycles. The normalized spacial score (nSPS) is 12.0. The Hall–Kier alpha value is -2.16. The first-order valence-electron chi connectivity index (χ1n) is 12.4. The maximum absolute atomic E-state index is 5.70. The Labute approximate surface area is 191 Å². The third-order valence-corrected chi connectivity index (χ3v) is 5.64. The van der Waals surface area contributed by atoms with Crippen LogP contribution in [0.3, 0.4) is 0 Å². The van der Waals surface area contributed by atoms with Crippen molar-refractivity contribution < 1.29 is 4.74 Å². The summed E-state index contributed by atoms with van der Waals surface area (Å²) in [4.78, 5) is 0. The molecule has 2 rings (SSSR count). The van der Waals surface area contributed by atoms with E-state index in [2.05, 4.69) is 61.7 Å². The minimum Gasteiger partial charge on any atom is -0.492 e. The zero-order valence-electron chi connectivity index (χ0n) is 20.3. The van der Waals surface area contributed by atoms with Crippen LogP contribution in [-0.4, -0.2) is 12.8 Å². The maximum Gasteiger partial charge on any atom is 0.142 e. The first-order chi connectivity index (χ1) is 15.1. The molecule has 3 heteroatoms. The number of unbranched alkanes of at least 4 members (excludes halogenated alkanes) is 6. The van der Waals surface area contributed by atoms with Gasteiger partial charge in [0.2, 0.25) is 0 Å². The van der Waals surface area contributed by atoms with Gasteiger partial charge in [0.25, 0.3) is 0 Å². The van der Waals surface area contributed by atoms with E-state index in [0.29, 0.717) is 6.61 Å². The van der Waals surface area contributed by atoms with Crippen LogP contribution in [-0.2, 0) is 6.42 Å². The molecular formula is C28H44N2O. The molecule has 0 heterocycles. The average molecular weight is 425 g/mol. The third-order valence-electron chi connectivity index (χ3n) is 5.64. The number of benzene rings is 2. The molecule has 0 aliphatic rings. The van der Waals surface area contributed by atoms with Crippen molar-refractivity contribution in [2.75, 3.05) is 17.2 Å². The summed E-state index contributed by atoms with van der Waals surface area (Å²) in [5, 5.41) is 7.02. The lowest BCUT2D eigenvalue weighted by Crippen LogP contribution is -2.25. The fraction of sp³-hybridized carbons (Fsp3) is 0.571. The zero-order chi connectivity index (χ0) is 22.3. The molecule has 31 heavy (non-hydrogen) atoms. The van der Waals surface area contributed by atoms with Gasteiger partial charge in [-0.2, -0.15) is 0 Å². The standard InChI is InChI=1S/C28H44N2O/c1-5-31-28-18-14-13-17-27(28)30-24(4)29-26-21-19-25(20-22-26)16-12-10-8-6-7-9-11-15-23(2)3/h13-14,17-24,29-30H,5-12,15-16H2,1-4H3. The minimum absolute atomic E-state index is 0.105. The second kappa shape index (κ2) is 14.8. The molecule has 0 saturated carbocycles. The molecule has 1 atom stereocenters. The van der Waals surface area contributed by atoms with Gasteiger partial charge in [0.15, 0.2) is 0 Å². The number of hydrogen-bond donors (Lipinski definition) is 2. The van der Waals surface area contributed by atoms with E-state index >= 15 is 0 Å². The second-order valence-corrected chi connectivity index (χ2v) is 9.04. The van der Waals surface area contributed by atoms with Gasteiger partial charge in [0.1, 0.15) is 5.75 Å². The van der Waals surface area contributed by atoms with Crippen molar-refractivity contribution >= 4 is 11.4 Å².